The minimum Gasteiger partial charge on any atom is -0.550 e. The summed E-state index contributed by atoms with van der Waals surface area (Å²) in [5.74, 6) is -1.64. The van der Waals surface area contributed by atoms with Gasteiger partial charge in [-0.1, -0.05) is 20.8 Å². The van der Waals surface area contributed by atoms with Crippen molar-refractivity contribution in [1.82, 2.24) is 0 Å². The molecule has 0 rings (SSSR count). The van der Waals surface area contributed by atoms with E-state index in [9.17, 15) is 9.90 Å². The number of carbonyl (C=O) groups excluding carboxylic acids is 1. The van der Waals surface area contributed by atoms with E-state index in [4.69, 9.17) is 5.73 Å². The Balaban J connectivity index is 4.56. The van der Waals surface area contributed by atoms with Crippen molar-refractivity contribution in [3.05, 3.63) is 0 Å². The molecule has 0 radical (unpaired) electrons. The summed E-state index contributed by atoms with van der Waals surface area (Å²) in [6.07, 6.45) is 0.541. The Morgan fingerprint density at radius 3 is 1.77 bits per heavy atom. The second-order valence-electron chi connectivity index (χ2n) is 5.46. The monoisotopic (exact) mass is 186 g/mol. The normalized spacial score (nSPS) is 15.5. The Bertz CT molecular complexity index is 186. The molecule has 3 heteroatoms. The van der Waals surface area contributed by atoms with Crippen molar-refractivity contribution in [2.45, 2.75) is 46.6 Å². The van der Waals surface area contributed by atoms with Gasteiger partial charge in [0.05, 0.1) is 0 Å². The maximum absolute atomic E-state index is 10.8. The highest BCUT2D eigenvalue weighted by Crippen LogP contribution is 2.29. The van der Waals surface area contributed by atoms with Gasteiger partial charge in [0.1, 0.15) is 0 Å². The second kappa shape index (κ2) is 3.66. The Morgan fingerprint density at radius 2 is 1.69 bits per heavy atom. The molecule has 0 bridgehead atoms. The molecule has 13 heavy (non-hydrogen) atoms. The van der Waals surface area contributed by atoms with Crippen LogP contribution in [0.1, 0.15) is 41.0 Å². The van der Waals surface area contributed by atoms with E-state index in [0.29, 0.717) is 6.42 Å². The molecular formula is C10H20NO2-. The van der Waals surface area contributed by atoms with E-state index < -0.39 is 17.4 Å². The number of hydrogen-bond acceptors (Lipinski definition) is 3. The minimum atomic E-state index is -1.05. The topological polar surface area (TPSA) is 66.1 Å². The van der Waals surface area contributed by atoms with Crippen LogP contribution in [0.5, 0.6) is 0 Å². The molecular weight excluding hydrogens is 166 g/mol. The van der Waals surface area contributed by atoms with Gasteiger partial charge in [-0.3, -0.25) is 0 Å². The molecule has 78 valence electrons. The van der Waals surface area contributed by atoms with Crippen molar-refractivity contribution in [2.24, 2.45) is 17.1 Å². The highest BCUT2D eigenvalue weighted by atomic mass is 16.4. The van der Waals surface area contributed by atoms with Gasteiger partial charge in [0.25, 0.3) is 0 Å². The predicted octanol–water partition coefficient (Wildman–Crippen LogP) is 0.526. The van der Waals surface area contributed by atoms with Gasteiger partial charge >= 0.3 is 0 Å². The molecule has 0 aromatic heterocycles. The summed E-state index contributed by atoms with van der Waals surface area (Å²) in [4.78, 5) is 10.8. The Labute approximate surface area is 80.3 Å². The summed E-state index contributed by atoms with van der Waals surface area (Å²) in [7, 11) is 0. The zero-order valence-corrected chi connectivity index (χ0v) is 9.18. The van der Waals surface area contributed by atoms with Crippen LogP contribution in [0, 0.1) is 11.3 Å². The van der Waals surface area contributed by atoms with Gasteiger partial charge in [0.2, 0.25) is 0 Å². The van der Waals surface area contributed by atoms with Crippen molar-refractivity contribution < 1.29 is 9.90 Å². The predicted molar refractivity (Wildman–Crippen MR) is 50.8 cm³/mol. The first kappa shape index (κ1) is 12.4. The Hall–Kier alpha value is -0.570. The van der Waals surface area contributed by atoms with Crippen molar-refractivity contribution >= 4 is 5.97 Å². The molecule has 0 amide bonds. The quantitative estimate of drug-likeness (QED) is 0.699. The first-order valence-electron chi connectivity index (χ1n) is 4.54. The van der Waals surface area contributed by atoms with Gasteiger partial charge in [-0.05, 0) is 25.7 Å². The molecule has 0 aromatic carbocycles. The number of carboxylic acid groups (broad SMARTS) is 1. The lowest BCUT2D eigenvalue weighted by Crippen LogP contribution is -2.51. The van der Waals surface area contributed by atoms with Crippen LogP contribution in [0.3, 0.4) is 0 Å². The van der Waals surface area contributed by atoms with Crippen LogP contribution < -0.4 is 10.8 Å². The lowest BCUT2D eigenvalue weighted by molar-refractivity contribution is -0.314. The van der Waals surface area contributed by atoms with E-state index >= 15 is 0 Å². The third kappa shape index (κ3) is 4.88. The molecule has 0 aliphatic rings. The zero-order chi connectivity index (χ0) is 10.9. The van der Waals surface area contributed by atoms with Crippen LogP contribution in [0.15, 0.2) is 0 Å². The van der Waals surface area contributed by atoms with Gasteiger partial charge in [-0.25, -0.2) is 0 Å². The molecule has 1 unspecified atom stereocenters. The molecule has 0 saturated carbocycles. The average molecular weight is 186 g/mol. The highest BCUT2D eigenvalue weighted by Gasteiger charge is 2.30. The third-order valence-corrected chi connectivity index (χ3v) is 2.00. The van der Waals surface area contributed by atoms with Crippen LogP contribution in [0.25, 0.3) is 0 Å². The number of nitrogens with two attached hydrogens (primary N) is 1. The number of carboxylic acids is 1. The summed E-state index contributed by atoms with van der Waals surface area (Å²) < 4.78 is 0. The molecule has 2 N–H and O–H groups in total. The van der Waals surface area contributed by atoms with Gasteiger partial charge in [0, 0.05) is 17.4 Å². The number of rotatable bonds is 3. The molecule has 0 heterocycles. The van der Waals surface area contributed by atoms with Crippen LogP contribution in [0.2, 0.25) is 0 Å². The summed E-state index contributed by atoms with van der Waals surface area (Å²) in [6.45, 7) is 9.43. The molecule has 0 saturated heterocycles. The lowest BCUT2D eigenvalue weighted by atomic mass is 9.76. The molecule has 0 aliphatic carbocycles. The lowest BCUT2D eigenvalue weighted by Gasteiger charge is -2.35. The maximum atomic E-state index is 10.8. The fourth-order valence-electron chi connectivity index (χ4n) is 1.26. The van der Waals surface area contributed by atoms with Crippen molar-refractivity contribution in [1.29, 1.82) is 0 Å². The van der Waals surface area contributed by atoms with Gasteiger partial charge in [0.15, 0.2) is 0 Å². The standard InChI is InChI=1S/C10H21NO2/c1-9(2,3)6-7(8(12)13)10(4,5)11/h7H,6,11H2,1-5H3,(H,12,13)/p-1. The van der Waals surface area contributed by atoms with E-state index in [2.05, 4.69) is 0 Å². The van der Waals surface area contributed by atoms with Crippen molar-refractivity contribution in [3.63, 3.8) is 0 Å². The van der Waals surface area contributed by atoms with Crippen LogP contribution in [-0.4, -0.2) is 11.5 Å². The largest absolute Gasteiger partial charge is 0.550 e. The van der Waals surface area contributed by atoms with Crippen molar-refractivity contribution in [2.75, 3.05) is 0 Å². The minimum absolute atomic E-state index is 0.0403. The second-order valence-corrected chi connectivity index (χ2v) is 5.46. The first-order valence-corrected chi connectivity index (χ1v) is 4.54. The van der Waals surface area contributed by atoms with E-state index in [1.54, 1.807) is 13.8 Å². The molecule has 1 atom stereocenters. The van der Waals surface area contributed by atoms with Gasteiger partial charge in [-0.2, -0.15) is 0 Å². The summed E-state index contributed by atoms with van der Waals surface area (Å²) in [6, 6.07) is 0. The average Bonchev–Trinajstić information content (AvgIpc) is 1.77. The van der Waals surface area contributed by atoms with Gasteiger partial charge < -0.3 is 15.6 Å². The molecule has 0 aliphatic heterocycles. The fraction of sp³-hybridized carbons (Fsp3) is 0.900. The number of hydrogen-bond donors (Lipinski definition) is 1. The SMILES string of the molecule is CC(C)(C)CC(C(=O)[O-])C(C)(C)N. The maximum Gasteiger partial charge on any atom is 0.0463 e. The van der Waals surface area contributed by atoms with Crippen LogP contribution >= 0.6 is 0 Å². The van der Waals surface area contributed by atoms with E-state index in [-0.39, 0.29) is 5.41 Å². The van der Waals surface area contributed by atoms with E-state index in [0.717, 1.165) is 0 Å². The smallest absolute Gasteiger partial charge is 0.0463 e. The van der Waals surface area contributed by atoms with Crippen LogP contribution in [0.4, 0.5) is 0 Å². The van der Waals surface area contributed by atoms with E-state index in [1.807, 2.05) is 20.8 Å². The summed E-state index contributed by atoms with van der Waals surface area (Å²) >= 11 is 0. The third-order valence-electron chi connectivity index (χ3n) is 2.00. The zero-order valence-electron chi connectivity index (χ0n) is 9.18. The summed E-state index contributed by atoms with van der Waals surface area (Å²) in [5.41, 5.74) is 5.01. The number of carbonyl (C=O) groups is 1. The van der Waals surface area contributed by atoms with Gasteiger partial charge in [-0.15, -0.1) is 0 Å². The number of aliphatic carboxylic acids is 1. The highest BCUT2D eigenvalue weighted by molar-refractivity contribution is 5.69. The van der Waals surface area contributed by atoms with Crippen molar-refractivity contribution in [3.8, 4) is 0 Å². The molecule has 0 fully saturated rings. The van der Waals surface area contributed by atoms with E-state index in [1.165, 1.54) is 0 Å². The fourth-order valence-corrected chi connectivity index (χ4v) is 1.26. The first-order chi connectivity index (χ1) is 5.54. The molecule has 0 aromatic rings. The Morgan fingerprint density at radius 1 is 1.31 bits per heavy atom. The van der Waals surface area contributed by atoms with Crippen LogP contribution in [-0.2, 0) is 4.79 Å². The summed E-state index contributed by atoms with van der Waals surface area (Å²) in [5, 5.41) is 10.8. The molecule has 3 nitrogen and oxygen atoms in total. The Kier molecular flexibility index (Phi) is 3.50. The molecule has 0 spiro atoms.